The molecule has 0 saturated heterocycles. The molecule has 0 aromatic heterocycles. The Kier molecular flexibility index (Phi) is 3.99. The fourth-order valence-electron chi connectivity index (χ4n) is 1.33. The molecule has 0 N–H and O–H groups in total. The molecule has 0 spiro atoms. The van der Waals surface area contributed by atoms with E-state index in [1.54, 1.807) is 0 Å². The number of benzene rings is 1. The van der Waals surface area contributed by atoms with Crippen LogP contribution in [0.1, 0.15) is 38.3 Å². The first kappa shape index (κ1) is 11.1. The van der Waals surface area contributed by atoms with Crippen molar-refractivity contribution in [3.8, 4) is 5.75 Å². The Hall–Kier alpha value is -0.980. The van der Waals surface area contributed by atoms with Gasteiger partial charge in [-0.05, 0) is 36.5 Å². The second kappa shape index (κ2) is 5.04. The van der Waals surface area contributed by atoms with Crippen molar-refractivity contribution in [1.82, 2.24) is 0 Å². The van der Waals surface area contributed by atoms with Gasteiger partial charge in [-0.15, -0.1) is 0 Å². The van der Waals surface area contributed by atoms with E-state index >= 15 is 0 Å². The van der Waals surface area contributed by atoms with Crippen LogP contribution in [0.15, 0.2) is 18.2 Å². The molecule has 1 heteroatoms. The van der Waals surface area contributed by atoms with Crippen LogP contribution < -0.4 is 4.74 Å². The van der Waals surface area contributed by atoms with Gasteiger partial charge in [0.1, 0.15) is 5.75 Å². The maximum absolute atomic E-state index is 5.61. The van der Waals surface area contributed by atoms with E-state index in [4.69, 9.17) is 4.74 Å². The van der Waals surface area contributed by atoms with Gasteiger partial charge in [0.15, 0.2) is 0 Å². The first-order chi connectivity index (χ1) is 6.65. The molecule has 77 valence electrons. The SMILES string of the molecule is CCCOc1ccc([C](C)C)cc1C. The third-order valence-corrected chi connectivity index (χ3v) is 2.21. The minimum absolute atomic E-state index is 0.801. The summed E-state index contributed by atoms with van der Waals surface area (Å²) in [7, 11) is 0. The van der Waals surface area contributed by atoms with Crippen molar-refractivity contribution >= 4 is 0 Å². The van der Waals surface area contributed by atoms with Gasteiger partial charge in [-0.25, -0.2) is 0 Å². The Morgan fingerprint density at radius 1 is 1.29 bits per heavy atom. The van der Waals surface area contributed by atoms with Crippen molar-refractivity contribution in [2.24, 2.45) is 0 Å². The van der Waals surface area contributed by atoms with E-state index in [9.17, 15) is 0 Å². The van der Waals surface area contributed by atoms with Crippen molar-refractivity contribution in [2.75, 3.05) is 6.61 Å². The normalized spacial score (nSPS) is 10.6. The van der Waals surface area contributed by atoms with Gasteiger partial charge >= 0.3 is 0 Å². The van der Waals surface area contributed by atoms with Crippen LogP contribution in [0, 0.1) is 12.8 Å². The van der Waals surface area contributed by atoms with Crippen LogP contribution in [0.25, 0.3) is 0 Å². The molecule has 0 fully saturated rings. The average Bonchev–Trinajstić information content (AvgIpc) is 2.15. The highest BCUT2D eigenvalue weighted by molar-refractivity contribution is 5.40. The summed E-state index contributed by atoms with van der Waals surface area (Å²) >= 11 is 0. The molecule has 1 radical (unpaired) electrons. The fourth-order valence-corrected chi connectivity index (χ4v) is 1.33. The van der Waals surface area contributed by atoms with E-state index in [2.05, 4.69) is 45.9 Å². The standard InChI is InChI=1S/C13H19O/c1-5-8-14-13-7-6-12(10(2)3)9-11(13)4/h6-7,9H,5,8H2,1-4H3. The van der Waals surface area contributed by atoms with E-state index in [1.807, 2.05) is 0 Å². The quantitative estimate of drug-likeness (QED) is 0.704. The molecule has 0 aliphatic rings. The van der Waals surface area contributed by atoms with Crippen LogP contribution in [0.2, 0.25) is 0 Å². The van der Waals surface area contributed by atoms with Crippen LogP contribution >= 0.6 is 0 Å². The Balaban J connectivity index is 2.79. The van der Waals surface area contributed by atoms with E-state index in [0.717, 1.165) is 18.8 Å². The molecule has 0 saturated carbocycles. The van der Waals surface area contributed by atoms with Gasteiger partial charge in [-0.1, -0.05) is 32.9 Å². The van der Waals surface area contributed by atoms with Gasteiger partial charge in [0, 0.05) is 0 Å². The first-order valence-corrected chi connectivity index (χ1v) is 5.19. The molecule has 0 amide bonds. The van der Waals surface area contributed by atoms with Crippen LogP contribution in [0.5, 0.6) is 5.75 Å². The molecular weight excluding hydrogens is 172 g/mol. The molecule has 1 aromatic rings. The maximum Gasteiger partial charge on any atom is 0.122 e. The molecule has 1 rings (SSSR count). The zero-order chi connectivity index (χ0) is 10.6. The number of aryl methyl sites for hydroxylation is 1. The summed E-state index contributed by atoms with van der Waals surface area (Å²) in [6, 6.07) is 6.36. The smallest absolute Gasteiger partial charge is 0.122 e. The molecule has 1 aromatic carbocycles. The van der Waals surface area contributed by atoms with E-state index < -0.39 is 0 Å². The third-order valence-electron chi connectivity index (χ3n) is 2.21. The monoisotopic (exact) mass is 191 g/mol. The topological polar surface area (TPSA) is 9.23 Å². The van der Waals surface area contributed by atoms with Crippen molar-refractivity contribution in [1.29, 1.82) is 0 Å². The molecular formula is C13H19O. The Labute approximate surface area is 87.1 Å². The third kappa shape index (κ3) is 2.76. The van der Waals surface area contributed by atoms with Crippen LogP contribution in [0.3, 0.4) is 0 Å². The summed E-state index contributed by atoms with van der Waals surface area (Å²) < 4.78 is 5.61. The number of rotatable bonds is 4. The average molecular weight is 191 g/mol. The molecule has 0 atom stereocenters. The van der Waals surface area contributed by atoms with Gasteiger partial charge < -0.3 is 4.74 Å². The zero-order valence-electron chi connectivity index (χ0n) is 9.55. The maximum atomic E-state index is 5.61. The van der Waals surface area contributed by atoms with Gasteiger partial charge in [0.2, 0.25) is 0 Å². The van der Waals surface area contributed by atoms with Gasteiger partial charge in [-0.3, -0.25) is 0 Å². The summed E-state index contributed by atoms with van der Waals surface area (Å²) in [5, 5.41) is 0. The summed E-state index contributed by atoms with van der Waals surface area (Å²) in [4.78, 5) is 0. The molecule has 0 aliphatic heterocycles. The fraction of sp³-hybridized carbons (Fsp3) is 0.462. The second-order valence-corrected chi connectivity index (χ2v) is 3.83. The lowest BCUT2D eigenvalue weighted by atomic mass is 10.0. The lowest BCUT2D eigenvalue weighted by molar-refractivity contribution is 0.315. The van der Waals surface area contributed by atoms with Gasteiger partial charge in [0.25, 0.3) is 0 Å². The lowest BCUT2D eigenvalue weighted by Gasteiger charge is -2.11. The van der Waals surface area contributed by atoms with Crippen LogP contribution in [-0.4, -0.2) is 6.61 Å². The van der Waals surface area contributed by atoms with Crippen molar-refractivity contribution in [2.45, 2.75) is 34.1 Å². The van der Waals surface area contributed by atoms with Crippen LogP contribution in [-0.2, 0) is 0 Å². The molecule has 0 bridgehead atoms. The van der Waals surface area contributed by atoms with E-state index in [1.165, 1.54) is 17.0 Å². The predicted molar refractivity (Wildman–Crippen MR) is 60.7 cm³/mol. The molecule has 0 unspecified atom stereocenters. The van der Waals surface area contributed by atoms with Crippen molar-refractivity contribution in [3.63, 3.8) is 0 Å². The summed E-state index contributed by atoms with van der Waals surface area (Å²) in [5.41, 5.74) is 2.52. The second-order valence-electron chi connectivity index (χ2n) is 3.83. The Morgan fingerprint density at radius 2 is 2.00 bits per heavy atom. The highest BCUT2D eigenvalue weighted by Gasteiger charge is 2.03. The number of hydrogen-bond acceptors (Lipinski definition) is 1. The highest BCUT2D eigenvalue weighted by atomic mass is 16.5. The molecule has 0 aliphatic carbocycles. The minimum atomic E-state index is 0.801. The van der Waals surface area contributed by atoms with Crippen molar-refractivity contribution in [3.05, 3.63) is 35.2 Å². The van der Waals surface area contributed by atoms with E-state index in [-0.39, 0.29) is 0 Å². The Morgan fingerprint density at radius 3 is 2.50 bits per heavy atom. The molecule has 0 heterocycles. The highest BCUT2D eigenvalue weighted by Crippen LogP contribution is 2.23. The minimum Gasteiger partial charge on any atom is -0.493 e. The molecule has 14 heavy (non-hydrogen) atoms. The summed E-state index contributed by atoms with van der Waals surface area (Å²) in [6.45, 7) is 9.27. The Bertz CT molecular complexity index is 289. The number of ether oxygens (including phenoxy) is 1. The predicted octanol–water partition coefficient (Wildman–Crippen LogP) is 3.75. The van der Waals surface area contributed by atoms with Gasteiger partial charge in [-0.2, -0.15) is 0 Å². The lowest BCUT2D eigenvalue weighted by Crippen LogP contribution is -1.98. The largest absolute Gasteiger partial charge is 0.493 e. The van der Waals surface area contributed by atoms with Crippen LogP contribution in [0.4, 0.5) is 0 Å². The van der Waals surface area contributed by atoms with Crippen molar-refractivity contribution < 1.29 is 4.74 Å². The number of hydrogen-bond donors (Lipinski definition) is 0. The van der Waals surface area contributed by atoms with E-state index in [0.29, 0.717) is 0 Å². The van der Waals surface area contributed by atoms with Gasteiger partial charge in [0.05, 0.1) is 6.61 Å². The zero-order valence-corrected chi connectivity index (χ0v) is 9.55. The summed E-state index contributed by atoms with van der Waals surface area (Å²) in [6.07, 6.45) is 1.06. The summed E-state index contributed by atoms with van der Waals surface area (Å²) in [5.74, 6) is 2.35. The first-order valence-electron chi connectivity index (χ1n) is 5.19. The molecule has 1 nitrogen and oxygen atoms in total.